The molecule has 5 nitrogen and oxygen atoms in total. The molecule has 0 spiro atoms. The molecule has 2 aliphatic heterocycles. The van der Waals surface area contributed by atoms with E-state index in [4.69, 9.17) is 14.7 Å². The highest BCUT2D eigenvalue weighted by atomic mass is 16.6. The van der Waals surface area contributed by atoms with E-state index < -0.39 is 6.10 Å². The van der Waals surface area contributed by atoms with Crippen LogP contribution in [-0.2, 0) is 9.53 Å². The Balaban J connectivity index is 1.52. The lowest BCUT2D eigenvalue weighted by atomic mass is 10.0. The van der Waals surface area contributed by atoms with E-state index in [1.54, 1.807) is 31.2 Å². The minimum Gasteiger partial charge on any atom is -0.479 e. The van der Waals surface area contributed by atoms with Crippen molar-refractivity contribution in [2.45, 2.75) is 56.9 Å². The number of piperidine rings is 1. The highest BCUT2D eigenvalue weighted by Crippen LogP contribution is 2.35. The number of ether oxygens (including phenoxy) is 2. The number of esters is 1. The molecule has 122 valence electrons. The van der Waals surface area contributed by atoms with E-state index >= 15 is 0 Å². The zero-order chi connectivity index (χ0) is 16.4. The highest BCUT2D eigenvalue weighted by Gasteiger charge is 2.40. The first-order chi connectivity index (χ1) is 11.1. The van der Waals surface area contributed by atoms with Crippen molar-refractivity contribution in [1.29, 1.82) is 5.26 Å². The zero-order valence-corrected chi connectivity index (χ0v) is 13.6. The molecule has 1 aromatic carbocycles. The summed E-state index contributed by atoms with van der Waals surface area (Å²) in [6.45, 7) is 1.70. The number of fused-ring (bicyclic) bond motifs is 2. The summed E-state index contributed by atoms with van der Waals surface area (Å²) in [7, 11) is 2.16. The summed E-state index contributed by atoms with van der Waals surface area (Å²) in [5.41, 5.74) is 0.564. The van der Waals surface area contributed by atoms with Crippen LogP contribution in [0.1, 0.15) is 38.2 Å². The van der Waals surface area contributed by atoms with Crippen molar-refractivity contribution in [2.24, 2.45) is 0 Å². The van der Waals surface area contributed by atoms with Gasteiger partial charge in [-0.05, 0) is 63.9 Å². The van der Waals surface area contributed by atoms with Crippen LogP contribution in [0.25, 0.3) is 0 Å². The summed E-state index contributed by atoms with van der Waals surface area (Å²) in [6.07, 6.45) is 3.59. The van der Waals surface area contributed by atoms with Crippen LogP contribution in [0.2, 0.25) is 0 Å². The number of benzene rings is 1. The van der Waals surface area contributed by atoms with Gasteiger partial charge in [0.05, 0.1) is 11.6 Å². The molecule has 0 N–H and O–H groups in total. The molecule has 4 atom stereocenters. The first-order valence-corrected chi connectivity index (χ1v) is 8.16. The molecule has 2 bridgehead atoms. The van der Waals surface area contributed by atoms with Crippen LogP contribution in [0, 0.1) is 11.3 Å². The number of carbonyl (C=O) groups excluding carboxylic acids is 1. The Kier molecular flexibility index (Phi) is 4.53. The van der Waals surface area contributed by atoms with Gasteiger partial charge in [0.15, 0.2) is 6.10 Å². The van der Waals surface area contributed by atoms with Gasteiger partial charge in [-0.15, -0.1) is 0 Å². The molecule has 0 saturated carbocycles. The van der Waals surface area contributed by atoms with Crippen molar-refractivity contribution in [3.8, 4) is 11.8 Å². The topological polar surface area (TPSA) is 62.6 Å². The molecule has 2 aliphatic rings. The molecule has 23 heavy (non-hydrogen) atoms. The number of hydrogen-bond acceptors (Lipinski definition) is 5. The standard InChI is InChI=1S/C18H22N2O3/c1-12(22-16-7-3-13(11-19)4-8-16)18(21)23-17-9-14-5-6-15(10-17)20(14)2/h3-4,7-8,12,14-15,17H,5-6,9-10H2,1-2H3/t12?,14-,15+,17?. The SMILES string of the molecule is CC(Oc1ccc(C#N)cc1)C(=O)OC1C[C@H]2CC[C@@H](C1)N2C. The Hall–Kier alpha value is -2.06. The third-order valence-electron chi connectivity index (χ3n) is 4.97. The lowest BCUT2D eigenvalue weighted by molar-refractivity contribution is -0.159. The maximum Gasteiger partial charge on any atom is 0.347 e. The van der Waals surface area contributed by atoms with Gasteiger partial charge in [-0.3, -0.25) is 0 Å². The van der Waals surface area contributed by atoms with E-state index in [0.717, 1.165) is 12.8 Å². The van der Waals surface area contributed by atoms with Crippen molar-refractivity contribution in [1.82, 2.24) is 4.90 Å². The predicted molar refractivity (Wildman–Crippen MR) is 84.9 cm³/mol. The highest BCUT2D eigenvalue weighted by molar-refractivity contribution is 5.74. The van der Waals surface area contributed by atoms with Crippen LogP contribution < -0.4 is 4.74 Å². The molecule has 2 fully saturated rings. The molecule has 0 amide bonds. The van der Waals surface area contributed by atoms with Gasteiger partial charge in [0.25, 0.3) is 0 Å². The molecule has 1 aromatic rings. The number of hydrogen-bond donors (Lipinski definition) is 0. The number of carbonyl (C=O) groups is 1. The Bertz CT molecular complexity index is 594. The maximum absolute atomic E-state index is 12.2. The second kappa shape index (κ2) is 6.59. The van der Waals surface area contributed by atoms with Gasteiger partial charge >= 0.3 is 5.97 Å². The van der Waals surface area contributed by atoms with Crippen LogP contribution in [0.3, 0.4) is 0 Å². The largest absolute Gasteiger partial charge is 0.479 e. The lowest BCUT2D eigenvalue weighted by Gasteiger charge is -2.36. The Morgan fingerprint density at radius 2 is 1.87 bits per heavy atom. The normalized spacial score (nSPS) is 28.0. The fourth-order valence-corrected chi connectivity index (χ4v) is 3.58. The summed E-state index contributed by atoms with van der Waals surface area (Å²) < 4.78 is 11.3. The van der Waals surface area contributed by atoms with Crippen LogP contribution in [-0.4, -0.2) is 42.2 Å². The van der Waals surface area contributed by atoms with Crippen molar-refractivity contribution < 1.29 is 14.3 Å². The third-order valence-corrected chi connectivity index (χ3v) is 4.97. The second-order valence-corrected chi connectivity index (χ2v) is 6.48. The maximum atomic E-state index is 12.2. The van der Waals surface area contributed by atoms with E-state index in [2.05, 4.69) is 18.0 Å². The summed E-state index contributed by atoms with van der Waals surface area (Å²) in [5.74, 6) is 0.250. The molecule has 3 rings (SSSR count). The zero-order valence-electron chi connectivity index (χ0n) is 13.6. The van der Waals surface area contributed by atoms with Crippen LogP contribution in [0.5, 0.6) is 5.75 Å². The summed E-state index contributed by atoms with van der Waals surface area (Å²) in [6, 6.07) is 9.86. The van der Waals surface area contributed by atoms with E-state index in [1.165, 1.54) is 12.8 Å². The average molecular weight is 314 g/mol. The number of nitriles is 1. The first kappa shape index (κ1) is 15.8. The molecule has 0 aliphatic carbocycles. The van der Waals surface area contributed by atoms with Gasteiger partial charge in [-0.1, -0.05) is 0 Å². The second-order valence-electron chi connectivity index (χ2n) is 6.48. The molecule has 2 heterocycles. The molecular weight excluding hydrogens is 292 g/mol. The predicted octanol–water partition coefficient (Wildman–Crippen LogP) is 2.49. The molecule has 2 saturated heterocycles. The summed E-state index contributed by atoms with van der Waals surface area (Å²) >= 11 is 0. The van der Waals surface area contributed by atoms with Gasteiger partial charge in [-0.25, -0.2) is 4.79 Å². The van der Waals surface area contributed by atoms with E-state index in [9.17, 15) is 4.79 Å². The smallest absolute Gasteiger partial charge is 0.347 e. The lowest BCUT2D eigenvalue weighted by Crippen LogP contribution is -2.44. The van der Waals surface area contributed by atoms with Gasteiger partial charge in [0.2, 0.25) is 0 Å². The minimum atomic E-state index is -0.653. The Morgan fingerprint density at radius 3 is 2.43 bits per heavy atom. The van der Waals surface area contributed by atoms with Gasteiger partial charge in [0.1, 0.15) is 11.9 Å². The summed E-state index contributed by atoms with van der Waals surface area (Å²) in [4.78, 5) is 14.7. The molecule has 5 heteroatoms. The minimum absolute atomic E-state index is 0.00298. The van der Waals surface area contributed by atoms with E-state index in [-0.39, 0.29) is 12.1 Å². The molecule has 0 radical (unpaired) electrons. The van der Waals surface area contributed by atoms with Crippen molar-refractivity contribution in [2.75, 3.05) is 7.05 Å². The van der Waals surface area contributed by atoms with Gasteiger partial charge < -0.3 is 14.4 Å². The summed E-state index contributed by atoms with van der Waals surface area (Å²) in [5, 5.41) is 8.78. The van der Waals surface area contributed by atoms with Crippen LogP contribution in [0.4, 0.5) is 0 Å². The molecule has 0 aromatic heterocycles. The average Bonchev–Trinajstić information content (AvgIpc) is 2.76. The number of nitrogens with zero attached hydrogens (tertiary/aromatic N) is 2. The third kappa shape index (κ3) is 3.48. The van der Waals surface area contributed by atoms with E-state index in [1.807, 2.05) is 0 Å². The monoisotopic (exact) mass is 314 g/mol. The van der Waals surface area contributed by atoms with Crippen molar-refractivity contribution >= 4 is 5.97 Å². The van der Waals surface area contributed by atoms with E-state index in [0.29, 0.717) is 23.4 Å². The van der Waals surface area contributed by atoms with Gasteiger partial charge in [-0.2, -0.15) is 5.26 Å². The Labute approximate surface area is 136 Å². The molecule has 2 unspecified atom stereocenters. The number of rotatable bonds is 4. The quantitative estimate of drug-likeness (QED) is 0.799. The van der Waals surface area contributed by atoms with Crippen molar-refractivity contribution in [3.63, 3.8) is 0 Å². The van der Waals surface area contributed by atoms with Crippen LogP contribution >= 0.6 is 0 Å². The molecular formula is C18H22N2O3. The van der Waals surface area contributed by atoms with Gasteiger partial charge in [0, 0.05) is 12.1 Å². The van der Waals surface area contributed by atoms with Crippen molar-refractivity contribution in [3.05, 3.63) is 29.8 Å². The Morgan fingerprint density at radius 1 is 1.26 bits per heavy atom. The van der Waals surface area contributed by atoms with Crippen LogP contribution in [0.15, 0.2) is 24.3 Å². The fraction of sp³-hybridized carbons (Fsp3) is 0.556. The fourth-order valence-electron chi connectivity index (χ4n) is 3.58. The first-order valence-electron chi connectivity index (χ1n) is 8.16.